The van der Waals surface area contributed by atoms with E-state index in [-0.39, 0.29) is 5.92 Å². The van der Waals surface area contributed by atoms with E-state index in [9.17, 15) is 5.11 Å². The third kappa shape index (κ3) is 2.43. The van der Waals surface area contributed by atoms with Crippen LogP contribution < -0.4 is 4.74 Å². The van der Waals surface area contributed by atoms with Gasteiger partial charge in [-0.1, -0.05) is 48.5 Å². The fourth-order valence-corrected chi connectivity index (χ4v) is 3.15. The van der Waals surface area contributed by atoms with Crippen molar-refractivity contribution in [2.45, 2.75) is 5.60 Å². The van der Waals surface area contributed by atoms with Crippen molar-refractivity contribution in [1.29, 1.82) is 0 Å². The molecular formula is C18H21NO2. The van der Waals surface area contributed by atoms with Crippen molar-refractivity contribution in [2.75, 3.05) is 27.2 Å². The van der Waals surface area contributed by atoms with E-state index >= 15 is 0 Å². The van der Waals surface area contributed by atoms with Crippen molar-refractivity contribution in [3.8, 4) is 5.75 Å². The van der Waals surface area contributed by atoms with Crippen LogP contribution in [0.4, 0.5) is 0 Å². The Kier molecular flexibility index (Phi) is 3.70. The van der Waals surface area contributed by atoms with Crippen molar-refractivity contribution >= 4 is 0 Å². The lowest BCUT2D eigenvalue weighted by Gasteiger charge is -2.42. The first-order valence-corrected chi connectivity index (χ1v) is 7.27. The maximum Gasteiger partial charge on any atom is 0.125 e. The zero-order valence-corrected chi connectivity index (χ0v) is 12.5. The molecule has 1 aliphatic heterocycles. The van der Waals surface area contributed by atoms with Gasteiger partial charge in [-0.05, 0) is 25.7 Å². The van der Waals surface area contributed by atoms with Gasteiger partial charge in [0.15, 0.2) is 0 Å². The molecule has 0 aliphatic carbocycles. The fourth-order valence-electron chi connectivity index (χ4n) is 3.15. The molecule has 0 unspecified atom stereocenters. The van der Waals surface area contributed by atoms with E-state index < -0.39 is 5.60 Å². The monoisotopic (exact) mass is 283 g/mol. The highest BCUT2D eigenvalue weighted by atomic mass is 16.5. The molecular weight excluding hydrogens is 262 g/mol. The molecule has 0 aromatic heterocycles. The van der Waals surface area contributed by atoms with E-state index in [0.29, 0.717) is 6.61 Å². The number of para-hydroxylation sites is 1. The van der Waals surface area contributed by atoms with E-state index in [1.165, 1.54) is 0 Å². The van der Waals surface area contributed by atoms with Gasteiger partial charge >= 0.3 is 0 Å². The minimum atomic E-state index is -1.01. The molecule has 1 N–H and O–H groups in total. The minimum absolute atomic E-state index is 0.00944. The normalized spacial score (nSPS) is 24.5. The Balaban J connectivity index is 2.14. The number of fused-ring (bicyclic) bond motifs is 1. The first-order valence-electron chi connectivity index (χ1n) is 7.27. The van der Waals surface area contributed by atoms with Crippen LogP contribution in [0.2, 0.25) is 0 Å². The highest BCUT2D eigenvalue weighted by molar-refractivity contribution is 5.47. The number of benzene rings is 2. The van der Waals surface area contributed by atoms with Crippen molar-refractivity contribution in [1.82, 2.24) is 4.90 Å². The SMILES string of the molecule is CN(C)C[C@@H]1COc2ccccc2[C@]1(O)c1ccccc1. The number of aliphatic hydroxyl groups is 1. The van der Waals surface area contributed by atoms with Crippen LogP contribution in [0.25, 0.3) is 0 Å². The van der Waals surface area contributed by atoms with Crippen molar-refractivity contribution in [2.24, 2.45) is 5.92 Å². The highest BCUT2D eigenvalue weighted by Crippen LogP contribution is 2.44. The molecule has 2 aromatic rings. The molecule has 0 spiro atoms. The zero-order chi connectivity index (χ0) is 14.9. The van der Waals surface area contributed by atoms with Gasteiger partial charge in [-0.3, -0.25) is 0 Å². The molecule has 2 atom stereocenters. The van der Waals surface area contributed by atoms with Crippen LogP contribution in [0.15, 0.2) is 54.6 Å². The lowest BCUT2D eigenvalue weighted by Crippen LogP contribution is -2.47. The molecule has 0 radical (unpaired) electrons. The molecule has 1 aliphatic rings. The third-order valence-electron chi connectivity index (χ3n) is 4.13. The number of hydrogen-bond donors (Lipinski definition) is 1. The quantitative estimate of drug-likeness (QED) is 0.939. The summed E-state index contributed by atoms with van der Waals surface area (Å²) in [5.74, 6) is 0.767. The summed E-state index contributed by atoms with van der Waals surface area (Å²) in [7, 11) is 4.04. The smallest absolute Gasteiger partial charge is 0.125 e. The summed E-state index contributed by atoms with van der Waals surface area (Å²) >= 11 is 0. The standard InChI is InChI=1S/C18H21NO2/c1-19(2)12-15-13-21-17-11-7-6-10-16(17)18(15,20)14-8-4-3-5-9-14/h3-11,15,20H,12-13H2,1-2H3/t15-,18+/m1/s1. The topological polar surface area (TPSA) is 32.7 Å². The first-order chi connectivity index (χ1) is 10.1. The Morgan fingerprint density at radius 1 is 1.10 bits per heavy atom. The van der Waals surface area contributed by atoms with Crippen molar-refractivity contribution in [3.05, 3.63) is 65.7 Å². The number of nitrogens with zero attached hydrogens (tertiary/aromatic N) is 1. The molecule has 21 heavy (non-hydrogen) atoms. The molecule has 0 fully saturated rings. The lowest BCUT2D eigenvalue weighted by atomic mass is 9.74. The van der Waals surface area contributed by atoms with Gasteiger partial charge < -0.3 is 14.7 Å². The summed E-state index contributed by atoms with van der Waals surface area (Å²) in [4.78, 5) is 2.09. The van der Waals surface area contributed by atoms with E-state index in [1.807, 2.05) is 68.7 Å². The van der Waals surface area contributed by atoms with Crippen LogP contribution in [0.1, 0.15) is 11.1 Å². The molecule has 0 saturated carbocycles. The lowest BCUT2D eigenvalue weighted by molar-refractivity contribution is -0.0337. The number of hydrogen-bond acceptors (Lipinski definition) is 3. The molecule has 2 aromatic carbocycles. The van der Waals surface area contributed by atoms with Gasteiger partial charge in [-0.25, -0.2) is 0 Å². The molecule has 3 nitrogen and oxygen atoms in total. The van der Waals surface area contributed by atoms with Crippen molar-refractivity contribution in [3.63, 3.8) is 0 Å². The van der Waals surface area contributed by atoms with Crippen LogP contribution >= 0.6 is 0 Å². The van der Waals surface area contributed by atoms with Gasteiger partial charge in [0.25, 0.3) is 0 Å². The molecule has 0 bridgehead atoms. The van der Waals surface area contributed by atoms with Gasteiger partial charge in [0.05, 0.1) is 6.61 Å². The van der Waals surface area contributed by atoms with Gasteiger partial charge in [0, 0.05) is 18.0 Å². The average molecular weight is 283 g/mol. The average Bonchev–Trinajstić information content (AvgIpc) is 2.51. The highest BCUT2D eigenvalue weighted by Gasteiger charge is 2.45. The summed E-state index contributed by atoms with van der Waals surface area (Å²) in [6.07, 6.45) is 0. The molecule has 110 valence electrons. The van der Waals surface area contributed by atoms with Gasteiger partial charge in [-0.2, -0.15) is 0 Å². The predicted octanol–water partition coefficient (Wildman–Crippen LogP) is 2.49. The van der Waals surface area contributed by atoms with Crippen molar-refractivity contribution < 1.29 is 9.84 Å². The largest absolute Gasteiger partial charge is 0.493 e. The Bertz CT molecular complexity index is 612. The Labute approximate surface area is 125 Å². The van der Waals surface area contributed by atoms with E-state index in [2.05, 4.69) is 4.90 Å². The van der Waals surface area contributed by atoms with Gasteiger partial charge in [0.1, 0.15) is 11.4 Å². The van der Waals surface area contributed by atoms with Crippen LogP contribution in [-0.4, -0.2) is 37.3 Å². The van der Waals surface area contributed by atoms with Gasteiger partial charge in [0.2, 0.25) is 0 Å². The summed E-state index contributed by atoms with van der Waals surface area (Å²) in [6.45, 7) is 1.28. The van der Waals surface area contributed by atoms with Crippen LogP contribution in [0.5, 0.6) is 5.75 Å². The summed E-state index contributed by atoms with van der Waals surface area (Å²) in [5, 5.41) is 11.6. The second kappa shape index (κ2) is 5.51. The van der Waals surface area contributed by atoms with E-state index in [1.54, 1.807) is 0 Å². The maximum absolute atomic E-state index is 11.6. The summed E-state index contributed by atoms with van der Waals surface area (Å²) < 4.78 is 5.87. The van der Waals surface area contributed by atoms with Crippen LogP contribution in [0.3, 0.4) is 0 Å². The van der Waals surface area contributed by atoms with Crippen LogP contribution in [-0.2, 0) is 5.60 Å². The third-order valence-corrected chi connectivity index (χ3v) is 4.13. The Hall–Kier alpha value is -1.84. The molecule has 1 heterocycles. The number of ether oxygens (including phenoxy) is 1. The minimum Gasteiger partial charge on any atom is -0.493 e. The second-order valence-corrected chi connectivity index (χ2v) is 5.90. The predicted molar refractivity (Wildman–Crippen MR) is 83.4 cm³/mol. The molecule has 0 amide bonds. The first kappa shape index (κ1) is 14.1. The molecule has 0 saturated heterocycles. The zero-order valence-electron chi connectivity index (χ0n) is 12.5. The molecule has 3 rings (SSSR count). The molecule has 3 heteroatoms. The van der Waals surface area contributed by atoms with Gasteiger partial charge in [-0.15, -0.1) is 0 Å². The number of rotatable bonds is 3. The summed E-state index contributed by atoms with van der Waals surface area (Å²) in [5.41, 5.74) is 0.766. The maximum atomic E-state index is 11.6. The Morgan fingerprint density at radius 3 is 2.48 bits per heavy atom. The second-order valence-electron chi connectivity index (χ2n) is 5.90. The van der Waals surface area contributed by atoms with E-state index in [4.69, 9.17) is 4.74 Å². The Morgan fingerprint density at radius 2 is 1.76 bits per heavy atom. The van der Waals surface area contributed by atoms with E-state index in [0.717, 1.165) is 23.4 Å². The van der Waals surface area contributed by atoms with Crippen LogP contribution in [0, 0.1) is 5.92 Å². The summed E-state index contributed by atoms with van der Waals surface area (Å²) in [6, 6.07) is 17.7. The fraction of sp³-hybridized carbons (Fsp3) is 0.333.